The lowest BCUT2D eigenvalue weighted by atomic mass is 10.1. The highest BCUT2D eigenvalue weighted by Crippen LogP contribution is 2.34. The summed E-state index contributed by atoms with van der Waals surface area (Å²) in [6, 6.07) is 22.4. The molecule has 1 heterocycles. The van der Waals surface area contributed by atoms with Crippen molar-refractivity contribution in [3.63, 3.8) is 0 Å². The van der Waals surface area contributed by atoms with E-state index in [2.05, 4.69) is 9.82 Å². The molecular weight excluding hydrogens is 429 g/mol. The first-order valence-electron chi connectivity index (χ1n) is 8.62. The standard InChI is InChI=1S/C21H15Cl2N3O2S/c22-15-7-6-8-16(13-15)26-14-19(18-11-4-5-12-20(18)23)21(24-26)25-29(27,28)17-9-2-1-3-10-17/h1-14H,(H,24,25). The highest BCUT2D eigenvalue weighted by Gasteiger charge is 2.21. The molecule has 8 heteroatoms. The highest BCUT2D eigenvalue weighted by atomic mass is 35.5. The summed E-state index contributed by atoms with van der Waals surface area (Å²) in [7, 11) is -3.83. The quantitative estimate of drug-likeness (QED) is 0.433. The fraction of sp³-hybridized carbons (Fsp3) is 0. The van der Waals surface area contributed by atoms with Gasteiger partial charge in [0.05, 0.1) is 10.6 Å². The second-order valence-electron chi connectivity index (χ2n) is 6.21. The zero-order valence-electron chi connectivity index (χ0n) is 15.0. The summed E-state index contributed by atoms with van der Waals surface area (Å²) in [6.45, 7) is 0. The van der Waals surface area contributed by atoms with Gasteiger partial charge in [0.1, 0.15) is 0 Å². The maximum atomic E-state index is 12.9. The van der Waals surface area contributed by atoms with Gasteiger partial charge in [0, 0.05) is 27.4 Å². The van der Waals surface area contributed by atoms with Crippen LogP contribution in [0.15, 0.2) is 90.0 Å². The Morgan fingerprint density at radius 3 is 2.28 bits per heavy atom. The number of halogens is 2. The zero-order valence-corrected chi connectivity index (χ0v) is 17.3. The van der Waals surface area contributed by atoms with E-state index < -0.39 is 10.0 Å². The van der Waals surface area contributed by atoms with E-state index in [1.165, 1.54) is 12.1 Å². The lowest BCUT2D eigenvalue weighted by Crippen LogP contribution is -2.14. The van der Waals surface area contributed by atoms with Crippen LogP contribution >= 0.6 is 23.2 Å². The van der Waals surface area contributed by atoms with Crippen LogP contribution in [0.4, 0.5) is 5.82 Å². The number of hydrogen-bond acceptors (Lipinski definition) is 3. The predicted octanol–water partition coefficient (Wildman–Crippen LogP) is 5.65. The van der Waals surface area contributed by atoms with Gasteiger partial charge >= 0.3 is 0 Å². The van der Waals surface area contributed by atoms with Gasteiger partial charge in [-0.1, -0.05) is 65.7 Å². The summed E-state index contributed by atoms with van der Waals surface area (Å²) in [5.41, 5.74) is 1.90. The van der Waals surface area contributed by atoms with Gasteiger partial charge in [-0.25, -0.2) is 13.1 Å². The zero-order chi connectivity index (χ0) is 20.4. The van der Waals surface area contributed by atoms with Crippen molar-refractivity contribution in [1.82, 2.24) is 9.78 Å². The van der Waals surface area contributed by atoms with Crippen molar-refractivity contribution in [2.24, 2.45) is 0 Å². The highest BCUT2D eigenvalue weighted by molar-refractivity contribution is 7.92. The SMILES string of the molecule is O=S(=O)(Nc1nn(-c2cccc(Cl)c2)cc1-c1ccccc1Cl)c1ccccc1. The molecule has 0 bridgehead atoms. The van der Waals surface area contributed by atoms with Gasteiger partial charge in [0.2, 0.25) is 0 Å². The third-order valence-electron chi connectivity index (χ3n) is 4.24. The van der Waals surface area contributed by atoms with Crippen LogP contribution in [0.1, 0.15) is 0 Å². The van der Waals surface area contributed by atoms with Crippen molar-refractivity contribution in [2.75, 3.05) is 4.72 Å². The maximum Gasteiger partial charge on any atom is 0.263 e. The van der Waals surface area contributed by atoms with E-state index in [9.17, 15) is 8.42 Å². The molecule has 0 aliphatic heterocycles. The molecule has 1 aromatic heterocycles. The Balaban J connectivity index is 1.85. The number of aromatic nitrogens is 2. The lowest BCUT2D eigenvalue weighted by molar-refractivity contribution is 0.601. The summed E-state index contributed by atoms with van der Waals surface area (Å²) in [5, 5.41) is 5.49. The third-order valence-corrected chi connectivity index (χ3v) is 6.16. The summed E-state index contributed by atoms with van der Waals surface area (Å²) in [4.78, 5) is 0.141. The number of hydrogen-bond donors (Lipinski definition) is 1. The van der Waals surface area contributed by atoms with Crippen molar-refractivity contribution in [1.29, 1.82) is 0 Å². The molecule has 3 aromatic carbocycles. The summed E-state index contributed by atoms with van der Waals surface area (Å²) >= 11 is 12.5. The number of rotatable bonds is 5. The van der Waals surface area contributed by atoms with Crippen LogP contribution in [0.5, 0.6) is 0 Å². The van der Waals surface area contributed by atoms with Gasteiger partial charge in [-0.15, -0.1) is 5.10 Å². The van der Waals surface area contributed by atoms with Gasteiger partial charge in [0.25, 0.3) is 10.0 Å². The van der Waals surface area contributed by atoms with Crippen LogP contribution in [0, 0.1) is 0 Å². The van der Waals surface area contributed by atoms with Crippen molar-refractivity contribution in [3.05, 3.63) is 95.1 Å². The first-order chi connectivity index (χ1) is 13.9. The molecule has 0 amide bonds. The molecule has 0 saturated heterocycles. The summed E-state index contributed by atoms with van der Waals surface area (Å²) in [5.74, 6) is 0.168. The van der Waals surface area contributed by atoms with E-state index in [4.69, 9.17) is 23.2 Å². The second-order valence-corrected chi connectivity index (χ2v) is 8.74. The third kappa shape index (κ3) is 4.15. The Morgan fingerprint density at radius 1 is 0.828 bits per heavy atom. The molecule has 5 nitrogen and oxygen atoms in total. The molecule has 0 saturated carbocycles. The first-order valence-corrected chi connectivity index (χ1v) is 10.9. The molecule has 1 N–H and O–H groups in total. The first kappa shape index (κ1) is 19.5. The van der Waals surface area contributed by atoms with Crippen LogP contribution in [-0.2, 0) is 10.0 Å². The minimum Gasteiger partial charge on any atom is -0.261 e. The summed E-state index contributed by atoms with van der Waals surface area (Å²) < 4.78 is 29.9. The van der Waals surface area contributed by atoms with Crippen LogP contribution in [0.25, 0.3) is 16.8 Å². The molecule has 146 valence electrons. The minimum atomic E-state index is -3.83. The van der Waals surface area contributed by atoms with E-state index >= 15 is 0 Å². The normalized spacial score (nSPS) is 11.4. The molecule has 0 spiro atoms. The van der Waals surface area contributed by atoms with Crippen LogP contribution in [0.2, 0.25) is 10.0 Å². The fourth-order valence-electron chi connectivity index (χ4n) is 2.86. The van der Waals surface area contributed by atoms with Crippen LogP contribution in [-0.4, -0.2) is 18.2 Å². The molecule has 0 aliphatic carbocycles. The van der Waals surface area contributed by atoms with Gasteiger partial charge in [0.15, 0.2) is 5.82 Å². The second kappa shape index (κ2) is 7.91. The number of nitrogens with one attached hydrogen (secondary N) is 1. The number of benzene rings is 3. The molecule has 0 unspecified atom stereocenters. The summed E-state index contributed by atoms with van der Waals surface area (Å²) in [6.07, 6.45) is 1.72. The Labute approximate surface area is 178 Å². The Hall–Kier alpha value is -2.80. The van der Waals surface area contributed by atoms with Crippen molar-refractivity contribution in [3.8, 4) is 16.8 Å². The van der Waals surface area contributed by atoms with Crippen molar-refractivity contribution < 1.29 is 8.42 Å². The number of nitrogens with zero attached hydrogens (tertiary/aromatic N) is 2. The van der Waals surface area contributed by atoms with Gasteiger partial charge in [-0.3, -0.25) is 4.72 Å². The molecule has 29 heavy (non-hydrogen) atoms. The maximum absolute atomic E-state index is 12.9. The molecule has 0 radical (unpaired) electrons. The van der Waals surface area contributed by atoms with Crippen LogP contribution < -0.4 is 4.72 Å². The van der Waals surface area contributed by atoms with Crippen LogP contribution in [0.3, 0.4) is 0 Å². The van der Waals surface area contributed by atoms with Crippen molar-refractivity contribution >= 4 is 39.0 Å². The van der Waals surface area contributed by atoms with E-state index in [-0.39, 0.29) is 10.7 Å². The monoisotopic (exact) mass is 443 g/mol. The Bertz CT molecular complexity index is 1270. The van der Waals surface area contributed by atoms with Gasteiger partial charge < -0.3 is 0 Å². The van der Waals surface area contributed by atoms with E-state index in [0.717, 1.165) is 0 Å². The largest absolute Gasteiger partial charge is 0.263 e. The Kier molecular flexibility index (Phi) is 5.32. The average molecular weight is 444 g/mol. The molecule has 4 rings (SSSR count). The molecule has 0 aliphatic rings. The lowest BCUT2D eigenvalue weighted by Gasteiger charge is -2.08. The number of sulfonamides is 1. The van der Waals surface area contributed by atoms with E-state index in [0.29, 0.717) is 26.9 Å². The van der Waals surface area contributed by atoms with Gasteiger partial charge in [-0.2, -0.15) is 0 Å². The minimum absolute atomic E-state index is 0.141. The average Bonchev–Trinajstić information content (AvgIpc) is 3.12. The molecule has 0 atom stereocenters. The van der Waals surface area contributed by atoms with E-state index in [1.54, 1.807) is 59.4 Å². The van der Waals surface area contributed by atoms with E-state index in [1.807, 2.05) is 18.2 Å². The molecule has 0 fully saturated rings. The number of anilines is 1. The Morgan fingerprint density at radius 2 is 1.55 bits per heavy atom. The molecular formula is C21H15Cl2N3O2S. The van der Waals surface area contributed by atoms with Gasteiger partial charge in [-0.05, 0) is 36.4 Å². The topological polar surface area (TPSA) is 64.0 Å². The fourth-order valence-corrected chi connectivity index (χ4v) is 4.32. The predicted molar refractivity (Wildman–Crippen MR) is 116 cm³/mol. The smallest absolute Gasteiger partial charge is 0.261 e. The van der Waals surface area contributed by atoms with Crippen molar-refractivity contribution in [2.45, 2.75) is 4.90 Å². The molecule has 4 aromatic rings.